The van der Waals surface area contributed by atoms with E-state index in [-0.39, 0.29) is 24.3 Å². The lowest BCUT2D eigenvalue weighted by Crippen LogP contribution is -2.50. The molecule has 1 aromatic carbocycles. The highest BCUT2D eigenvalue weighted by Gasteiger charge is 2.38. The Morgan fingerprint density at radius 3 is 2.54 bits per heavy atom. The van der Waals surface area contributed by atoms with E-state index in [1.54, 1.807) is 11.8 Å². The van der Waals surface area contributed by atoms with Gasteiger partial charge in [0.05, 0.1) is 18.4 Å². The van der Waals surface area contributed by atoms with E-state index in [1.165, 1.54) is 18.9 Å². The Morgan fingerprint density at radius 2 is 1.94 bits per heavy atom. The molecule has 0 bridgehead atoms. The average Bonchev–Trinajstić information content (AvgIpc) is 3.37. The van der Waals surface area contributed by atoms with Crippen molar-refractivity contribution in [3.63, 3.8) is 0 Å². The first kappa shape index (κ1) is 25.9. The van der Waals surface area contributed by atoms with Crippen molar-refractivity contribution in [2.45, 2.75) is 51.7 Å². The van der Waals surface area contributed by atoms with Gasteiger partial charge in [0.25, 0.3) is 0 Å². The number of nitrogens with zero attached hydrogens (tertiary/aromatic N) is 6. The summed E-state index contributed by atoms with van der Waals surface area (Å²) >= 11 is 0. The van der Waals surface area contributed by atoms with Crippen molar-refractivity contribution in [2.24, 2.45) is 21.9 Å². The number of aromatic nitrogens is 3. The highest BCUT2D eigenvalue weighted by atomic mass is 16.3. The van der Waals surface area contributed by atoms with E-state index >= 15 is 0 Å². The summed E-state index contributed by atoms with van der Waals surface area (Å²) in [5, 5.41) is 16.4. The molecule has 0 spiro atoms. The third kappa shape index (κ3) is 6.44. The summed E-state index contributed by atoms with van der Waals surface area (Å²) in [6, 6.07) is 5.38. The number of carbonyl (C=O) groups is 2. The summed E-state index contributed by atoms with van der Waals surface area (Å²) in [5.41, 5.74) is 2.03. The van der Waals surface area contributed by atoms with Gasteiger partial charge in [-0.15, -0.1) is 0 Å². The lowest BCUT2D eigenvalue weighted by Gasteiger charge is -2.29. The van der Waals surface area contributed by atoms with Gasteiger partial charge in [-0.1, -0.05) is 38.1 Å². The average molecular weight is 481 g/mol. The number of aliphatic hydroxyl groups excluding tert-OH is 1. The van der Waals surface area contributed by atoms with Crippen molar-refractivity contribution in [3.8, 4) is 11.4 Å². The largest absolute Gasteiger partial charge is 0.394 e. The molecule has 186 valence electrons. The smallest absolute Gasteiger partial charge is 0.248 e. The number of aliphatic hydroxyl groups is 1. The number of nitrogens with two attached hydrogens (primary N) is 1. The van der Waals surface area contributed by atoms with Crippen molar-refractivity contribution in [2.75, 3.05) is 13.2 Å². The number of carbonyl (C=O) groups excluding carboxylic acids is 2. The molecule has 1 fully saturated rings. The fourth-order valence-electron chi connectivity index (χ4n) is 3.97. The van der Waals surface area contributed by atoms with Gasteiger partial charge in [0, 0.05) is 18.3 Å². The zero-order chi connectivity index (χ0) is 25.4. The number of hydrogen-bond acceptors (Lipinski definition) is 9. The van der Waals surface area contributed by atoms with Crippen LogP contribution in [0, 0.1) is 5.92 Å². The van der Waals surface area contributed by atoms with Crippen LogP contribution in [0.4, 0.5) is 0 Å². The van der Waals surface area contributed by atoms with Crippen LogP contribution in [0.5, 0.6) is 0 Å². The van der Waals surface area contributed by atoms with Crippen molar-refractivity contribution in [1.29, 1.82) is 0 Å². The standard InChI is InChI=1S/C24H32N8O3/c1-15(2)21(27-11-16(3)31-25)24(35)32-10-4-5-20(32)23(34)30-19(12-33)17-6-8-18(9-7-17)22-28-13-26-14-29-22/h6-9,11,13-15,19-21,33H,4-5,10,12,25H2,1-3H3,(H,30,34)/b27-11?,31-16-/t19-,20-,21-/m0/s1. The molecule has 4 N–H and O–H groups in total. The molecule has 35 heavy (non-hydrogen) atoms. The molecular weight excluding hydrogens is 448 g/mol. The maximum absolute atomic E-state index is 13.3. The normalized spacial score (nSPS) is 18.1. The zero-order valence-corrected chi connectivity index (χ0v) is 20.2. The molecule has 11 heteroatoms. The van der Waals surface area contributed by atoms with Crippen molar-refractivity contribution < 1.29 is 14.7 Å². The summed E-state index contributed by atoms with van der Waals surface area (Å²) in [6.07, 6.45) is 5.58. The second-order valence-corrected chi connectivity index (χ2v) is 8.75. The molecule has 0 saturated carbocycles. The van der Waals surface area contributed by atoms with Crippen LogP contribution < -0.4 is 11.2 Å². The van der Waals surface area contributed by atoms with Gasteiger partial charge >= 0.3 is 0 Å². The topological polar surface area (TPSA) is 159 Å². The first-order valence-corrected chi connectivity index (χ1v) is 11.6. The summed E-state index contributed by atoms with van der Waals surface area (Å²) in [6.45, 7) is 5.70. The molecule has 0 unspecified atom stereocenters. The van der Waals surface area contributed by atoms with Gasteiger partial charge in [0.15, 0.2) is 5.82 Å². The molecule has 1 aromatic heterocycles. The van der Waals surface area contributed by atoms with Crippen LogP contribution in [0.15, 0.2) is 47.0 Å². The molecule has 1 aliphatic heterocycles. The summed E-state index contributed by atoms with van der Waals surface area (Å²) < 4.78 is 0. The van der Waals surface area contributed by atoms with Gasteiger partial charge in [0.2, 0.25) is 11.8 Å². The number of likely N-dealkylation sites (tertiary alicyclic amines) is 1. The van der Waals surface area contributed by atoms with Crippen molar-refractivity contribution >= 4 is 23.7 Å². The predicted molar refractivity (Wildman–Crippen MR) is 132 cm³/mol. The minimum absolute atomic E-state index is 0.0679. The van der Waals surface area contributed by atoms with Crippen LogP contribution in [-0.2, 0) is 9.59 Å². The van der Waals surface area contributed by atoms with E-state index in [9.17, 15) is 14.7 Å². The summed E-state index contributed by atoms with van der Waals surface area (Å²) in [5.74, 6) is 5.21. The Morgan fingerprint density at radius 1 is 1.26 bits per heavy atom. The molecule has 2 heterocycles. The maximum atomic E-state index is 13.3. The van der Waals surface area contributed by atoms with E-state index in [0.717, 1.165) is 11.1 Å². The molecule has 0 aliphatic carbocycles. The lowest BCUT2D eigenvalue weighted by atomic mass is 10.0. The second kappa shape index (κ2) is 12.1. The van der Waals surface area contributed by atoms with Gasteiger partial charge in [-0.2, -0.15) is 5.10 Å². The SMILES string of the molecule is C/C(C=N[C@H](C(=O)N1CCC[C@H]1C(=O)N[C@@H](CO)c1ccc(-c2ncncn2)cc1)C(C)C)=N/N. The van der Waals surface area contributed by atoms with E-state index in [4.69, 9.17) is 5.84 Å². The van der Waals surface area contributed by atoms with Crippen molar-refractivity contribution in [3.05, 3.63) is 42.5 Å². The molecule has 1 saturated heterocycles. The van der Waals surface area contributed by atoms with E-state index in [1.807, 2.05) is 38.1 Å². The fourth-order valence-corrected chi connectivity index (χ4v) is 3.97. The molecule has 3 rings (SSSR count). The number of hydrazone groups is 1. The molecule has 2 aromatic rings. The summed E-state index contributed by atoms with van der Waals surface area (Å²) in [7, 11) is 0. The number of nitrogens with one attached hydrogen (secondary N) is 1. The zero-order valence-electron chi connectivity index (χ0n) is 20.2. The number of amides is 2. The number of benzene rings is 1. The van der Waals surface area contributed by atoms with Gasteiger partial charge in [-0.05, 0) is 31.2 Å². The second-order valence-electron chi connectivity index (χ2n) is 8.75. The van der Waals surface area contributed by atoms with Crippen LogP contribution in [0.1, 0.15) is 45.2 Å². The van der Waals surface area contributed by atoms with Gasteiger partial charge in [-0.3, -0.25) is 14.6 Å². The molecule has 11 nitrogen and oxygen atoms in total. The molecule has 0 radical (unpaired) electrons. The van der Waals surface area contributed by atoms with Gasteiger partial charge in [-0.25, -0.2) is 15.0 Å². The summed E-state index contributed by atoms with van der Waals surface area (Å²) in [4.78, 5) is 44.5. The quantitative estimate of drug-likeness (QED) is 0.275. The fraction of sp³-hybridized carbons (Fsp3) is 0.458. The number of aliphatic imine (C=N–C) groups is 1. The highest BCUT2D eigenvalue weighted by molar-refractivity contribution is 6.29. The first-order chi connectivity index (χ1) is 16.8. The minimum atomic E-state index is -0.642. The van der Waals surface area contributed by atoms with Gasteiger partial charge < -0.3 is 21.2 Å². The third-order valence-corrected chi connectivity index (χ3v) is 5.91. The minimum Gasteiger partial charge on any atom is -0.394 e. The predicted octanol–water partition coefficient (Wildman–Crippen LogP) is 1.11. The molecule has 1 aliphatic rings. The monoisotopic (exact) mass is 480 g/mol. The Labute approximate surface area is 204 Å². The van der Waals surface area contributed by atoms with Crippen molar-refractivity contribution in [1.82, 2.24) is 25.2 Å². The van der Waals surface area contributed by atoms with Crippen LogP contribution >= 0.6 is 0 Å². The van der Waals surface area contributed by atoms with E-state index < -0.39 is 18.1 Å². The van der Waals surface area contributed by atoms with Crippen LogP contribution in [-0.4, -0.2) is 73.9 Å². The van der Waals surface area contributed by atoms with Crippen LogP contribution in [0.25, 0.3) is 11.4 Å². The van der Waals surface area contributed by atoms with Gasteiger partial charge in [0.1, 0.15) is 24.7 Å². The maximum Gasteiger partial charge on any atom is 0.248 e. The van der Waals surface area contributed by atoms with Crippen LogP contribution in [0.2, 0.25) is 0 Å². The third-order valence-electron chi connectivity index (χ3n) is 5.91. The Balaban J connectivity index is 1.71. The van der Waals surface area contributed by atoms with Crippen LogP contribution in [0.3, 0.4) is 0 Å². The molecular formula is C24H32N8O3. The number of rotatable bonds is 9. The lowest BCUT2D eigenvalue weighted by molar-refractivity contribution is -0.140. The van der Waals surface area contributed by atoms with E-state index in [2.05, 4.69) is 30.4 Å². The Hall–Kier alpha value is -3.73. The number of hydrogen-bond donors (Lipinski definition) is 3. The first-order valence-electron chi connectivity index (χ1n) is 11.6. The van der Waals surface area contributed by atoms with E-state index in [0.29, 0.717) is 30.9 Å². The Kier molecular flexibility index (Phi) is 8.96. The molecule has 3 atom stereocenters. The Bertz CT molecular complexity index is 1060. The highest BCUT2D eigenvalue weighted by Crippen LogP contribution is 2.24. The molecule has 2 amide bonds.